The second kappa shape index (κ2) is 11.9. The van der Waals surface area contributed by atoms with Gasteiger partial charge in [-0.2, -0.15) is 0 Å². The molecule has 130 valence electrons. The van der Waals surface area contributed by atoms with Crippen molar-refractivity contribution >= 4 is 24.2 Å². The largest absolute Gasteiger partial charge is 0.353 e. The van der Waals surface area contributed by atoms with Crippen LogP contribution in [0.3, 0.4) is 0 Å². The molecule has 0 unspecified atom stereocenters. The van der Waals surface area contributed by atoms with Crippen molar-refractivity contribution in [3.63, 3.8) is 0 Å². The topological polar surface area (TPSA) is 70.2 Å². The Kier molecular flexibility index (Phi) is 11.1. The Labute approximate surface area is 145 Å². The van der Waals surface area contributed by atoms with Gasteiger partial charge in [0.2, 0.25) is 11.8 Å². The molecule has 1 atom stereocenters. The van der Waals surface area contributed by atoms with E-state index < -0.39 is 0 Å². The van der Waals surface area contributed by atoms with E-state index in [0.29, 0.717) is 19.4 Å². The number of carbonyl (C=O) groups is 2. The van der Waals surface area contributed by atoms with Crippen LogP contribution in [-0.4, -0.2) is 37.5 Å². The minimum atomic E-state index is -0.159. The first-order chi connectivity index (χ1) is 10.5. The first kappa shape index (κ1) is 21.4. The summed E-state index contributed by atoms with van der Waals surface area (Å²) in [4.78, 5) is 23.3. The Morgan fingerprint density at radius 2 is 1.74 bits per heavy atom. The number of amides is 2. The van der Waals surface area contributed by atoms with E-state index in [9.17, 15) is 9.59 Å². The van der Waals surface area contributed by atoms with Gasteiger partial charge < -0.3 is 16.0 Å². The van der Waals surface area contributed by atoms with Crippen molar-refractivity contribution in [1.29, 1.82) is 0 Å². The van der Waals surface area contributed by atoms with E-state index >= 15 is 0 Å². The van der Waals surface area contributed by atoms with E-state index in [1.165, 1.54) is 5.56 Å². The van der Waals surface area contributed by atoms with Crippen molar-refractivity contribution in [2.75, 3.05) is 19.6 Å². The highest BCUT2D eigenvalue weighted by molar-refractivity contribution is 5.85. The number of carbonyl (C=O) groups excluding carboxylic acids is 2. The van der Waals surface area contributed by atoms with E-state index in [2.05, 4.69) is 16.0 Å². The molecule has 5 nitrogen and oxygen atoms in total. The lowest BCUT2D eigenvalue weighted by molar-refractivity contribution is -0.126. The van der Waals surface area contributed by atoms with Crippen LogP contribution < -0.4 is 16.0 Å². The molecule has 1 aromatic carbocycles. The van der Waals surface area contributed by atoms with Crippen LogP contribution in [0, 0.1) is 6.92 Å². The molecule has 1 rings (SSSR count). The number of hydrogen-bond donors (Lipinski definition) is 3. The molecular formula is C17H28ClN3O2. The lowest BCUT2D eigenvalue weighted by Gasteiger charge is -2.13. The molecule has 3 N–H and O–H groups in total. The fraction of sp³-hybridized carbons (Fsp3) is 0.529. The number of rotatable bonds is 9. The smallest absolute Gasteiger partial charge is 0.239 e. The number of nitrogens with one attached hydrogen (secondary N) is 3. The lowest BCUT2D eigenvalue weighted by atomic mass is 10.1. The Morgan fingerprint density at radius 1 is 1.09 bits per heavy atom. The third-order valence-corrected chi connectivity index (χ3v) is 3.37. The van der Waals surface area contributed by atoms with Crippen LogP contribution in [0.1, 0.15) is 31.4 Å². The van der Waals surface area contributed by atoms with Gasteiger partial charge in [-0.15, -0.1) is 12.4 Å². The SMILES string of the molecule is CCN[C@H](C)CNC(=O)CNC(=O)CCc1ccc(C)cc1.Cl. The standard InChI is InChI=1S/C17H27N3O2.ClH/c1-4-18-14(3)11-19-17(22)12-20-16(21)10-9-15-7-5-13(2)6-8-15;/h5-8,14,18H,4,9-12H2,1-3H3,(H,19,22)(H,20,21);1H/t14-;/m1./s1. The van der Waals surface area contributed by atoms with Gasteiger partial charge in [0.25, 0.3) is 0 Å². The first-order valence-electron chi connectivity index (χ1n) is 7.83. The van der Waals surface area contributed by atoms with Crippen molar-refractivity contribution in [3.05, 3.63) is 35.4 Å². The van der Waals surface area contributed by atoms with E-state index in [1.54, 1.807) is 0 Å². The molecule has 0 spiro atoms. The molecule has 0 heterocycles. The van der Waals surface area contributed by atoms with Crippen molar-refractivity contribution in [2.24, 2.45) is 0 Å². The molecule has 0 aromatic heterocycles. The van der Waals surface area contributed by atoms with Crippen LogP contribution in [0.15, 0.2) is 24.3 Å². The fourth-order valence-electron chi connectivity index (χ4n) is 2.03. The van der Waals surface area contributed by atoms with Crippen LogP contribution in [0.2, 0.25) is 0 Å². The molecule has 0 saturated heterocycles. The van der Waals surface area contributed by atoms with E-state index in [0.717, 1.165) is 12.1 Å². The molecule has 0 fully saturated rings. The first-order valence-corrected chi connectivity index (χ1v) is 7.83. The molecule has 6 heteroatoms. The zero-order valence-corrected chi connectivity index (χ0v) is 15.0. The maximum Gasteiger partial charge on any atom is 0.239 e. The van der Waals surface area contributed by atoms with Crippen molar-refractivity contribution in [3.8, 4) is 0 Å². The molecule has 0 aliphatic rings. The van der Waals surface area contributed by atoms with Gasteiger partial charge in [0, 0.05) is 19.0 Å². The molecule has 2 amide bonds. The second-order valence-corrected chi connectivity index (χ2v) is 5.53. The normalized spacial score (nSPS) is 11.3. The summed E-state index contributed by atoms with van der Waals surface area (Å²) in [7, 11) is 0. The van der Waals surface area contributed by atoms with Gasteiger partial charge in [-0.3, -0.25) is 9.59 Å². The van der Waals surface area contributed by atoms with Gasteiger partial charge in [-0.25, -0.2) is 0 Å². The number of likely N-dealkylation sites (N-methyl/N-ethyl adjacent to an activating group) is 1. The van der Waals surface area contributed by atoms with Gasteiger partial charge in [0.05, 0.1) is 6.54 Å². The minimum absolute atomic E-state index is 0. The Morgan fingerprint density at radius 3 is 2.35 bits per heavy atom. The summed E-state index contributed by atoms with van der Waals surface area (Å²) < 4.78 is 0. The fourth-order valence-corrected chi connectivity index (χ4v) is 2.03. The number of hydrogen-bond acceptors (Lipinski definition) is 3. The van der Waals surface area contributed by atoms with Crippen molar-refractivity contribution < 1.29 is 9.59 Å². The van der Waals surface area contributed by atoms with Crippen molar-refractivity contribution in [1.82, 2.24) is 16.0 Å². The van der Waals surface area contributed by atoms with Gasteiger partial charge in [-0.1, -0.05) is 36.8 Å². The third kappa shape index (κ3) is 9.92. The summed E-state index contributed by atoms with van der Waals surface area (Å²) in [5.41, 5.74) is 2.33. The zero-order chi connectivity index (χ0) is 16.4. The van der Waals surface area contributed by atoms with E-state index in [1.807, 2.05) is 45.0 Å². The Balaban J connectivity index is 0.00000484. The highest BCUT2D eigenvalue weighted by atomic mass is 35.5. The molecule has 0 radical (unpaired) electrons. The van der Waals surface area contributed by atoms with Gasteiger partial charge in [-0.05, 0) is 32.4 Å². The monoisotopic (exact) mass is 341 g/mol. The average molecular weight is 342 g/mol. The molecule has 1 aromatic rings. The zero-order valence-electron chi connectivity index (χ0n) is 14.1. The number of aryl methyl sites for hydroxylation is 2. The maximum absolute atomic E-state index is 11.7. The summed E-state index contributed by atoms with van der Waals surface area (Å²) in [6.45, 7) is 7.52. The van der Waals surface area contributed by atoms with Crippen LogP contribution in [-0.2, 0) is 16.0 Å². The van der Waals surface area contributed by atoms with Gasteiger partial charge in [0.15, 0.2) is 0 Å². The molecule has 0 aliphatic heterocycles. The van der Waals surface area contributed by atoms with E-state index in [4.69, 9.17) is 0 Å². The van der Waals surface area contributed by atoms with Crippen LogP contribution in [0.25, 0.3) is 0 Å². The summed E-state index contributed by atoms with van der Waals surface area (Å²) >= 11 is 0. The second-order valence-electron chi connectivity index (χ2n) is 5.53. The van der Waals surface area contributed by atoms with Crippen molar-refractivity contribution in [2.45, 2.75) is 39.7 Å². The molecular weight excluding hydrogens is 314 g/mol. The highest BCUT2D eigenvalue weighted by Gasteiger charge is 2.07. The minimum Gasteiger partial charge on any atom is -0.353 e. The predicted octanol–water partition coefficient (Wildman–Crippen LogP) is 1.58. The Bertz CT molecular complexity index is 477. The summed E-state index contributed by atoms with van der Waals surface area (Å²) in [5.74, 6) is -0.260. The molecule has 0 aliphatic carbocycles. The summed E-state index contributed by atoms with van der Waals surface area (Å²) in [6.07, 6.45) is 1.08. The van der Waals surface area contributed by atoms with Gasteiger partial charge in [0.1, 0.15) is 0 Å². The number of halogens is 1. The number of benzene rings is 1. The quantitative estimate of drug-likeness (QED) is 0.638. The summed E-state index contributed by atoms with van der Waals surface area (Å²) in [5, 5.41) is 8.64. The van der Waals surface area contributed by atoms with Crippen LogP contribution in [0.5, 0.6) is 0 Å². The molecule has 23 heavy (non-hydrogen) atoms. The average Bonchev–Trinajstić information content (AvgIpc) is 2.50. The molecule has 0 saturated carbocycles. The summed E-state index contributed by atoms with van der Waals surface area (Å²) in [6, 6.07) is 8.35. The van der Waals surface area contributed by atoms with E-state index in [-0.39, 0.29) is 36.8 Å². The van der Waals surface area contributed by atoms with Gasteiger partial charge >= 0.3 is 0 Å². The highest BCUT2D eigenvalue weighted by Crippen LogP contribution is 2.05. The predicted molar refractivity (Wildman–Crippen MR) is 95.9 cm³/mol. The third-order valence-electron chi connectivity index (χ3n) is 3.37. The Hall–Kier alpha value is -1.59. The lowest BCUT2D eigenvalue weighted by Crippen LogP contribution is -2.43. The van der Waals surface area contributed by atoms with Crippen LogP contribution >= 0.6 is 12.4 Å². The maximum atomic E-state index is 11.7. The van der Waals surface area contributed by atoms with Crippen LogP contribution in [0.4, 0.5) is 0 Å². The molecule has 0 bridgehead atoms.